The van der Waals surface area contributed by atoms with Crippen LogP contribution in [-0.2, 0) is 10.0 Å². The number of nitrogens with one attached hydrogen (secondary N) is 1. The molecule has 1 aromatic heterocycles. The van der Waals surface area contributed by atoms with Crippen molar-refractivity contribution in [2.45, 2.75) is 4.90 Å². The Morgan fingerprint density at radius 1 is 1.35 bits per heavy atom. The van der Waals surface area contributed by atoms with Crippen molar-refractivity contribution in [1.29, 1.82) is 5.26 Å². The van der Waals surface area contributed by atoms with Gasteiger partial charge in [-0.05, 0) is 30.3 Å². The second kappa shape index (κ2) is 5.36. The molecule has 0 radical (unpaired) electrons. The standard InChI is InChI=1S/C12H8ClN3O3S/c13-10-6-9(4-3-8(10)7-14)20(18,19)16-12-11(17)2-1-5-15-12/h1-6,17H,(H,15,16). The molecule has 8 heteroatoms. The molecule has 0 atom stereocenters. The average Bonchev–Trinajstić information content (AvgIpc) is 2.41. The van der Waals surface area contributed by atoms with Gasteiger partial charge >= 0.3 is 0 Å². The predicted octanol–water partition coefficient (Wildman–Crippen LogP) is 2.11. The molecule has 0 unspecified atom stereocenters. The lowest BCUT2D eigenvalue weighted by Gasteiger charge is -2.08. The monoisotopic (exact) mass is 309 g/mol. The van der Waals surface area contributed by atoms with E-state index in [0.717, 1.165) is 6.07 Å². The van der Waals surface area contributed by atoms with Crippen LogP contribution in [0.2, 0.25) is 5.02 Å². The highest BCUT2D eigenvalue weighted by molar-refractivity contribution is 7.92. The van der Waals surface area contributed by atoms with E-state index < -0.39 is 10.0 Å². The molecule has 2 rings (SSSR count). The van der Waals surface area contributed by atoms with Crippen LogP contribution in [0, 0.1) is 11.3 Å². The Labute approximate surface area is 120 Å². The number of nitrogens with zero attached hydrogens (tertiary/aromatic N) is 2. The Kier molecular flexibility index (Phi) is 3.79. The Morgan fingerprint density at radius 3 is 2.70 bits per heavy atom. The van der Waals surface area contributed by atoms with Gasteiger partial charge in [-0.15, -0.1) is 0 Å². The summed E-state index contributed by atoms with van der Waals surface area (Å²) in [7, 11) is -3.95. The van der Waals surface area contributed by atoms with Gasteiger partial charge in [0.2, 0.25) is 0 Å². The summed E-state index contributed by atoms with van der Waals surface area (Å²) in [6.07, 6.45) is 1.34. The summed E-state index contributed by atoms with van der Waals surface area (Å²) >= 11 is 5.79. The van der Waals surface area contributed by atoms with Crippen LogP contribution in [0.5, 0.6) is 5.75 Å². The highest BCUT2D eigenvalue weighted by Crippen LogP contribution is 2.25. The molecule has 6 nitrogen and oxygen atoms in total. The number of sulfonamides is 1. The number of hydrogen-bond acceptors (Lipinski definition) is 5. The van der Waals surface area contributed by atoms with E-state index in [-0.39, 0.29) is 27.0 Å². The van der Waals surface area contributed by atoms with Crippen LogP contribution in [-0.4, -0.2) is 18.5 Å². The molecule has 2 N–H and O–H groups in total. The number of aromatic nitrogens is 1. The van der Waals surface area contributed by atoms with Crippen molar-refractivity contribution < 1.29 is 13.5 Å². The van der Waals surface area contributed by atoms with Gasteiger partial charge in [-0.2, -0.15) is 5.26 Å². The van der Waals surface area contributed by atoms with E-state index in [9.17, 15) is 13.5 Å². The minimum absolute atomic E-state index is 0.0283. The van der Waals surface area contributed by atoms with Crippen LogP contribution in [0.1, 0.15) is 5.56 Å². The molecule has 20 heavy (non-hydrogen) atoms. The van der Waals surface area contributed by atoms with Gasteiger partial charge in [0.15, 0.2) is 11.6 Å². The van der Waals surface area contributed by atoms with E-state index in [2.05, 4.69) is 9.71 Å². The van der Waals surface area contributed by atoms with Crippen molar-refractivity contribution in [2.24, 2.45) is 0 Å². The zero-order valence-corrected chi connectivity index (χ0v) is 11.5. The van der Waals surface area contributed by atoms with Gasteiger partial charge in [0.05, 0.1) is 15.5 Å². The van der Waals surface area contributed by atoms with Gasteiger partial charge in [-0.1, -0.05) is 11.6 Å². The Hall–Kier alpha value is -2.30. The molecule has 102 valence electrons. The first-order chi connectivity index (χ1) is 9.44. The van der Waals surface area contributed by atoms with Gasteiger partial charge in [0.25, 0.3) is 10.0 Å². The summed E-state index contributed by atoms with van der Waals surface area (Å²) in [4.78, 5) is 3.59. The SMILES string of the molecule is N#Cc1ccc(S(=O)(=O)Nc2ncccc2O)cc1Cl. The fourth-order valence-corrected chi connectivity index (χ4v) is 2.75. The minimum Gasteiger partial charge on any atom is -0.504 e. The second-order valence-electron chi connectivity index (χ2n) is 3.73. The van der Waals surface area contributed by atoms with E-state index in [1.165, 1.54) is 30.5 Å². The van der Waals surface area contributed by atoms with Crippen molar-refractivity contribution in [3.8, 4) is 11.8 Å². The number of rotatable bonds is 3. The van der Waals surface area contributed by atoms with Crippen LogP contribution < -0.4 is 4.72 Å². The van der Waals surface area contributed by atoms with Crippen LogP contribution in [0.25, 0.3) is 0 Å². The molecule has 0 bridgehead atoms. The zero-order chi connectivity index (χ0) is 14.8. The summed E-state index contributed by atoms with van der Waals surface area (Å²) in [5.74, 6) is -0.483. The van der Waals surface area contributed by atoms with Gasteiger partial charge in [-0.3, -0.25) is 4.72 Å². The third-order valence-electron chi connectivity index (χ3n) is 2.39. The zero-order valence-electron chi connectivity index (χ0n) is 9.91. The summed E-state index contributed by atoms with van der Waals surface area (Å²) in [6.45, 7) is 0. The topological polar surface area (TPSA) is 103 Å². The van der Waals surface area contributed by atoms with Crippen molar-refractivity contribution in [3.63, 3.8) is 0 Å². The van der Waals surface area contributed by atoms with Crippen molar-refractivity contribution in [2.75, 3.05) is 4.72 Å². The fraction of sp³-hybridized carbons (Fsp3) is 0. The second-order valence-corrected chi connectivity index (χ2v) is 5.82. The molecule has 1 heterocycles. The number of aromatic hydroxyl groups is 1. The maximum atomic E-state index is 12.1. The molecular weight excluding hydrogens is 302 g/mol. The first kappa shape index (κ1) is 14.1. The highest BCUT2D eigenvalue weighted by atomic mass is 35.5. The third-order valence-corrected chi connectivity index (χ3v) is 4.04. The van der Waals surface area contributed by atoms with E-state index in [1.54, 1.807) is 0 Å². The number of nitriles is 1. The van der Waals surface area contributed by atoms with E-state index >= 15 is 0 Å². The van der Waals surface area contributed by atoms with Crippen molar-refractivity contribution in [1.82, 2.24) is 4.98 Å². The number of hydrogen-bond donors (Lipinski definition) is 2. The summed E-state index contributed by atoms with van der Waals surface area (Å²) < 4.78 is 26.3. The molecule has 1 aromatic carbocycles. The molecule has 2 aromatic rings. The van der Waals surface area contributed by atoms with Gasteiger partial charge in [-0.25, -0.2) is 13.4 Å². The first-order valence-electron chi connectivity index (χ1n) is 5.30. The Bertz CT molecular complexity index is 800. The maximum Gasteiger partial charge on any atom is 0.263 e. The average molecular weight is 310 g/mol. The molecular formula is C12H8ClN3O3S. The van der Waals surface area contributed by atoms with Gasteiger partial charge < -0.3 is 5.11 Å². The Balaban J connectivity index is 2.39. The van der Waals surface area contributed by atoms with Crippen molar-refractivity contribution >= 4 is 27.4 Å². The van der Waals surface area contributed by atoms with Gasteiger partial charge in [0.1, 0.15) is 6.07 Å². The highest BCUT2D eigenvalue weighted by Gasteiger charge is 2.18. The third kappa shape index (κ3) is 2.82. The van der Waals surface area contributed by atoms with Crippen LogP contribution in [0.4, 0.5) is 5.82 Å². The molecule has 0 spiro atoms. The number of halogens is 1. The molecule has 0 amide bonds. The quantitative estimate of drug-likeness (QED) is 0.903. The van der Waals surface area contributed by atoms with Crippen LogP contribution in [0.3, 0.4) is 0 Å². The predicted molar refractivity (Wildman–Crippen MR) is 72.9 cm³/mol. The van der Waals surface area contributed by atoms with Crippen LogP contribution >= 0.6 is 11.6 Å². The number of benzene rings is 1. The van der Waals surface area contributed by atoms with E-state index in [1.807, 2.05) is 6.07 Å². The van der Waals surface area contributed by atoms with Crippen LogP contribution in [0.15, 0.2) is 41.4 Å². The smallest absolute Gasteiger partial charge is 0.263 e. The normalized spacial score (nSPS) is 10.8. The maximum absolute atomic E-state index is 12.1. The minimum atomic E-state index is -3.95. The molecule has 0 aliphatic carbocycles. The summed E-state index contributed by atoms with van der Waals surface area (Å²) in [5, 5.41) is 18.3. The summed E-state index contributed by atoms with van der Waals surface area (Å²) in [6, 6.07) is 8.30. The molecule has 0 saturated heterocycles. The molecule has 0 aliphatic rings. The lowest BCUT2D eigenvalue weighted by atomic mass is 10.2. The summed E-state index contributed by atoms with van der Waals surface area (Å²) in [5.41, 5.74) is 0.173. The lowest BCUT2D eigenvalue weighted by molar-refractivity contribution is 0.475. The van der Waals surface area contributed by atoms with E-state index in [4.69, 9.17) is 16.9 Å². The largest absolute Gasteiger partial charge is 0.504 e. The molecule has 0 saturated carbocycles. The number of pyridine rings is 1. The fourth-order valence-electron chi connectivity index (χ4n) is 1.42. The lowest BCUT2D eigenvalue weighted by Crippen LogP contribution is -2.14. The molecule has 0 aliphatic heterocycles. The molecule has 0 fully saturated rings. The Morgan fingerprint density at radius 2 is 2.10 bits per heavy atom. The van der Waals surface area contributed by atoms with Gasteiger partial charge in [0, 0.05) is 6.20 Å². The number of anilines is 1. The van der Waals surface area contributed by atoms with E-state index in [0.29, 0.717) is 0 Å². The van der Waals surface area contributed by atoms with Crippen molar-refractivity contribution in [3.05, 3.63) is 47.1 Å². The first-order valence-corrected chi connectivity index (χ1v) is 7.16.